The molecule has 0 saturated heterocycles. The largest absolute Gasteiger partial charge is 0.458 e. The summed E-state index contributed by atoms with van der Waals surface area (Å²) >= 11 is 0. The number of ether oxygens (including phenoxy) is 1. The molecule has 0 radical (unpaired) electrons. The molecule has 0 aliphatic carbocycles. The van der Waals surface area contributed by atoms with Gasteiger partial charge in [-0.1, -0.05) is 55.6 Å². The number of hydrogen-bond acceptors (Lipinski definition) is 3. The molecular weight excluding hydrogens is 278 g/mol. The third kappa shape index (κ3) is 9.97. The molecule has 4 heteroatoms. The first-order valence-electron chi connectivity index (χ1n) is 6.60. The fourth-order valence-electron chi connectivity index (χ4n) is 1.21. The number of allylic oxidation sites excluding steroid dienone is 1. The smallest absolute Gasteiger partial charge is 0.330 e. The quantitative estimate of drug-likeness (QED) is 0.478. The predicted molar refractivity (Wildman–Crippen MR) is 89.8 cm³/mol. The summed E-state index contributed by atoms with van der Waals surface area (Å²) in [6, 6.07) is 9.82. The van der Waals surface area contributed by atoms with Crippen molar-refractivity contribution in [2.45, 2.75) is 6.42 Å². The van der Waals surface area contributed by atoms with Crippen LogP contribution in [0.4, 0.5) is 0 Å². The number of hydrogen-bond donors (Lipinski definition) is 1. The molecule has 4 nitrogen and oxygen atoms in total. The van der Waals surface area contributed by atoms with E-state index >= 15 is 0 Å². The highest BCUT2D eigenvalue weighted by Crippen LogP contribution is 2.00. The van der Waals surface area contributed by atoms with Gasteiger partial charge >= 0.3 is 5.97 Å². The zero-order chi connectivity index (χ0) is 16.8. The van der Waals surface area contributed by atoms with Crippen molar-refractivity contribution in [2.75, 3.05) is 6.61 Å². The van der Waals surface area contributed by atoms with Gasteiger partial charge in [0.05, 0.1) is 0 Å². The molecule has 22 heavy (non-hydrogen) atoms. The van der Waals surface area contributed by atoms with Crippen LogP contribution in [-0.4, -0.2) is 18.5 Å². The van der Waals surface area contributed by atoms with Gasteiger partial charge in [-0.3, -0.25) is 4.79 Å². The molecule has 1 aromatic carbocycles. The van der Waals surface area contributed by atoms with Crippen LogP contribution in [0.5, 0.6) is 0 Å². The van der Waals surface area contributed by atoms with Crippen molar-refractivity contribution in [3.8, 4) is 0 Å². The first-order valence-corrected chi connectivity index (χ1v) is 6.60. The standard InChI is InChI=1S/C12H12O2.C6H9NO/c1-2-12(13)14-10-6-9-11-7-4-3-5-8-11;1-3-4-5(2)6(7)8/h2-9H,1,10H2;3H,1-2,4H2,(H2,7,8)/b9-6+;. The van der Waals surface area contributed by atoms with Gasteiger partial charge in [0.2, 0.25) is 5.91 Å². The van der Waals surface area contributed by atoms with Crippen LogP contribution in [0.25, 0.3) is 6.08 Å². The minimum Gasteiger partial charge on any atom is -0.458 e. The average molecular weight is 299 g/mol. The molecule has 0 spiro atoms. The SMILES string of the molecule is C=CC(=O)OC/C=C/c1ccccc1.C=CCC(=C)C(N)=O. The second-order valence-electron chi connectivity index (χ2n) is 4.11. The Bertz CT molecular complexity index is 545. The van der Waals surface area contributed by atoms with Crippen LogP contribution in [-0.2, 0) is 14.3 Å². The summed E-state index contributed by atoms with van der Waals surface area (Å²) in [5, 5.41) is 0. The Morgan fingerprint density at radius 3 is 2.27 bits per heavy atom. The van der Waals surface area contributed by atoms with Crippen LogP contribution in [0, 0.1) is 0 Å². The number of primary amides is 1. The third-order valence-corrected chi connectivity index (χ3v) is 2.34. The van der Waals surface area contributed by atoms with E-state index in [1.807, 2.05) is 36.4 Å². The summed E-state index contributed by atoms with van der Waals surface area (Å²) in [5.74, 6) is -0.854. The lowest BCUT2D eigenvalue weighted by Crippen LogP contribution is -2.12. The van der Waals surface area contributed by atoms with Crippen LogP contribution >= 0.6 is 0 Å². The van der Waals surface area contributed by atoms with Crippen LogP contribution in [0.1, 0.15) is 12.0 Å². The van der Waals surface area contributed by atoms with Crippen molar-refractivity contribution in [3.63, 3.8) is 0 Å². The van der Waals surface area contributed by atoms with E-state index in [0.717, 1.165) is 11.6 Å². The molecule has 0 fully saturated rings. The molecule has 0 aliphatic heterocycles. The molecule has 1 rings (SSSR count). The number of carbonyl (C=O) groups is 2. The van der Waals surface area contributed by atoms with Gasteiger partial charge < -0.3 is 10.5 Å². The zero-order valence-electron chi connectivity index (χ0n) is 12.5. The number of carbonyl (C=O) groups excluding carboxylic acids is 2. The topological polar surface area (TPSA) is 69.4 Å². The Kier molecular flexibility index (Phi) is 10.3. The maximum absolute atomic E-state index is 10.6. The highest BCUT2D eigenvalue weighted by Gasteiger charge is 1.95. The molecule has 0 aromatic heterocycles. The number of esters is 1. The van der Waals surface area contributed by atoms with E-state index in [-0.39, 0.29) is 6.61 Å². The lowest BCUT2D eigenvalue weighted by molar-refractivity contribution is -0.136. The van der Waals surface area contributed by atoms with Crippen molar-refractivity contribution in [1.29, 1.82) is 0 Å². The molecule has 0 unspecified atom stereocenters. The lowest BCUT2D eigenvalue weighted by atomic mass is 10.2. The fraction of sp³-hybridized carbons (Fsp3) is 0.111. The van der Waals surface area contributed by atoms with Crippen molar-refractivity contribution >= 4 is 18.0 Å². The summed E-state index contributed by atoms with van der Waals surface area (Å²) in [6.45, 7) is 10.4. The maximum atomic E-state index is 10.6. The second kappa shape index (κ2) is 11.9. The molecule has 0 saturated carbocycles. The van der Waals surface area contributed by atoms with Gasteiger partial charge in [0.1, 0.15) is 6.61 Å². The third-order valence-electron chi connectivity index (χ3n) is 2.34. The van der Waals surface area contributed by atoms with E-state index in [4.69, 9.17) is 10.5 Å². The molecule has 0 atom stereocenters. The zero-order valence-corrected chi connectivity index (χ0v) is 12.5. The van der Waals surface area contributed by atoms with E-state index in [2.05, 4.69) is 19.7 Å². The Morgan fingerprint density at radius 2 is 1.82 bits per heavy atom. The van der Waals surface area contributed by atoms with Crippen molar-refractivity contribution in [1.82, 2.24) is 0 Å². The summed E-state index contributed by atoms with van der Waals surface area (Å²) in [7, 11) is 0. The predicted octanol–water partition coefficient (Wildman–Crippen LogP) is 3.03. The monoisotopic (exact) mass is 299 g/mol. The summed E-state index contributed by atoms with van der Waals surface area (Å²) in [6.07, 6.45) is 6.91. The van der Waals surface area contributed by atoms with E-state index < -0.39 is 11.9 Å². The van der Waals surface area contributed by atoms with Gasteiger partial charge in [-0.15, -0.1) is 6.58 Å². The number of amides is 1. The van der Waals surface area contributed by atoms with Crippen molar-refractivity contribution in [2.24, 2.45) is 5.73 Å². The maximum Gasteiger partial charge on any atom is 0.330 e. The molecule has 1 aromatic rings. The first-order chi connectivity index (χ1) is 10.5. The molecule has 0 bridgehead atoms. The van der Waals surface area contributed by atoms with Crippen LogP contribution in [0.15, 0.2) is 73.9 Å². The van der Waals surface area contributed by atoms with E-state index in [0.29, 0.717) is 12.0 Å². The molecule has 0 heterocycles. The Balaban J connectivity index is 0.000000472. The van der Waals surface area contributed by atoms with Crippen LogP contribution < -0.4 is 5.73 Å². The lowest BCUT2D eigenvalue weighted by Gasteiger charge is -1.95. The molecule has 116 valence electrons. The summed E-state index contributed by atoms with van der Waals surface area (Å²) in [5.41, 5.74) is 6.32. The normalized spacial score (nSPS) is 9.27. The Labute approximate surface area is 131 Å². The first kappa shape index (κ1) is 19.1. The van der Waals surface area contributed by atoms with Gasteiger partial charge in [-0.2, -0.15) is 0 Å². The number of nitrogens with two attached hydrogens (primary N) is 1. The molecule has 1 amide bonds. The molecular formula is C18H21NO3. The minimum atomic E-state index is -0.454. The molecule has 2 N–H and O–H groups in total. The van der Waals surface area contributed by atoms with E-state index in [1.165, 1.54) is 0 Å². The highest BCUT2D eigenvalue weighted by molar-refractivity contribution is 5.91. The van der Waals surface area contributed by atoms with Crippen LogP contribution in [0.3, 0.4) is 0 Å². The van der Waals surface area contributed by atoms with Crippen molar-refractivity contribution < 1.29 is 14.3 Å². The highest BCUT2D eigenvalue weighted by atomic mass is 16.5. The van der Waals surface area contributed by atoms with Crippen LogP contribution in [0.2, 0.25) is 0 Å². The Morgan fingerprint density at radius 1 is 1.18 bits per heavy atom. The average Bonchev–Trinajstić information content (AvgIpc) is 2.53. The van der Waals surface area contributed by atoms with E-state index in [9.17, 15) is 9.59 Å². The van der Waals surface area contributed by atoms with Gasteiger partial charge in [-0.25, -0.2) is 4.79 Å². The fourth-order valence-corrected chi connectivity index (χ4v) is 1.21. The minimum absolute atomic E-state index is 0.278. The van der Waals surface area contributed by atoms with Gasteiger partial charge in [0, 0.05) is 11.6 Å². The van der Waals surface area contributed by atoms with Crippen molar-refractivity contribution in [3.05, 3.63) is 79.4 Å². The second-order valence-corrected chi connectivity index (χ2v) is 4.11. The summed E-state index contributed by atoms with van der Waals surface area (Å²) in [4.78, 5) is 20.8. The van der Waals surface area contributed by atoms with E-state index in [1.54, 1.807) is 12.2 Å². The van der Waals surface area contributed by atoms with Gasteiger partial charge in [0.25, 0.3) is 0 Å². The van der Waals surface area contributed by atoms with Gasteiger partial charge in [-0.05, 0) is 18.1 Å². The number of rotatable bonds is 7. The molecule has 0 aliphatic rings. The Hall–Kier alpha value is -2.88. The number of benzene rings is 1. The summed E-state index contributed by atoms with van der Waals surface area (Å²) < 4.78 is 4.77. The van der Waals surface area contributed by atoms with Gasteiger partial charge in [0.15, 0.2) is 0 Å².